The van der Waals surface area contributed by atoms with Crippen molar-refractivity contribution in [3.63, 3.8) is 0 Å². The van der Waals surface area contributed by atoms with Gasteiger partial charge in [0.25, 0.3) is 0 Å². The van der Waals surface area contributed by atoms with Crippen LogP contribution in [0.3, 0.4) is 0 Å². The van der Waals surface area contributed by atoms with E-state index in [1.165, 1.54) is 10.9 Å². The third-order valence-corrected chi connectivity index (χ3v) is 6.18. The van der Waals surface area contributed by atoms with Gasteiger partial charge in [0.15, 0.2) is 0 Å². The molecule has 5 rings (SSSR count). The number of hydrogen-bond donors (Lipinski definition) is 2. The highest BCUT2D eigenvalue weighted by atomic mass is 16.4. The summed E-state index contributed by atoms with van der Waals surface area (Å²) in [6.07, 6.45) is 5.02. The Kier molecular flexibility index (Phi) is 4.66. The minimum absolute atomic E-state index is 0.115. The van der Waals surface area contributed by atoms with Crippen LogP contribution in [0.5, 0.6) is 0 Å². The van der Waals surface area contributed by atoms with Crippen molar-refractivity contribution in [1.29, 1.82) is 0 Å². The number of hydrogen-bond acceptors (Lipinski definition) is 5. The maximum Gasteiger partial charge on any atom is 0.247 e. The van der Waals surface area contributed by atoms with Crippen molar-refractivity contribution in [2.24, 2.45) is 5.73 Å². The molecular formula is C24H27N5O. The van der Waals surface area contributed by atoms with Gasteiger partial charge in [-0.25, -0.2) is 0 Å². The number of nitrogens with zero attached hydrogens (tertiary/aromatic N) is 3. The summed E-state index contributed by atoms with van der Waals surface area (Å²) >= 11 is 0. The van der Waals surface area contributed by atoms with E-state index in [0.29, 0.717) is 17.7 Å². The van der Waals surface area contributed by atoms with Gasteiger partial charge in [0, 0.05) is 40.0 Å². The Morgan fingerprint density at radius 1 is 1.10 bits per heavy atom. The SMILES string of the molecule is Cc1cc(-c2[nH]c3ccc(-c4nnc([C@@H]5CCC[C@@H]5N)o4)cc3c2C(C)C)ccn1. The smallest absolute Gasteiger partial charge is 0.247 e. The quantitative estimate of drug-likeness (QED) is 0.483. The van der Waals surface area contributed by atoms with Gasteiger partial charge in [-0.3, -0.25) is 4.98 Å². The molecule has 0 unspecified atom stereocenters. The van der Waals surface area contributed by atoms with E-state index in [1.807, 2.05) is 19.2 Å². The number of fused-ring (bicyclic) bond motifs is 1. The first-order valence-corrected chi connectivity index (χ1v) is 10.7. The molecule has 3 N–H and O–H groups in total. The molecule has 1 fully saturated rings. The Morgan fingerprint density at radius 2 is 1.97 bits per heavy atom. The zero-order valence-electron chi connectivity index (χ0n) is 17.6. The lowest BCUT2D eigenvalue weighted by molar-refractivity contribution is 0.435. The molecule has 2 atom stereocenters. The average molecular weight is 402 g/mol. The molecule has 1 aliphatic rings. The standard InChI is InChI=1S/C24H27N5O/c1-13(2)21-18-12-16(23-28-29-24(30-23)17-5-4-6-19(17)25)7-8-20(18)27-22(21)15-9-10-26-14(3)11-15/h7-13,17,19,27H,4-6,25H2,1-3H3/t17-,19+/m1/s1. The maximum absolute atomic E-state index is 6.22. The zero-order chi connectivity index (χ0) is 20.8. The number of benzene rings is 1. The molecule has 1 aliphatic carbocycles. The van der Waals surface area contributed by atoms with Crippen LogP contribution in [0.4, 0.5) is 0 Å². The van der Waals surface area contributed by atoms with Crippen LogP contribution in [0.25, 0.3) is 33.6 Å². The fraction of sp³-hybridized carbons (Fsp3) is 0.375. The van der Waals surface area contributed by atoms with Crippen molar-refractivity contribution in [3.8, 4) is 22.7 Å². The minimum Gasteiger partial charge on any atom is -0.420 e. The van der Waals surface area contributed by atoms with E-state index in [2.05, 4.69) is 58.3 Å². The predicted octanol–water partition coefficient (Wildman–Crippen LogP) is 5.31. The Bertz CT molecular complexity index is 1210. The molecular weight excluding hydrogens is 374 g/mol. The number of H-pyrrole nitrogens is 1. The van der Waals surface area contributed by atoms with Crippen LogP contribution in [-0.4, -0.2) is 26.2 Å². The summed E-state index contributed by atoms with van der Waals surface area (Å²) in [5.41, 5.74) is 12.8. The average Bonchev–Trinajstić information content (AvgIpc) is 3.44. The first-order chi connectivity index (χ1) is 14.5. The molecule has 0 bridgehead atoms. The molecule has 4 aromatic rings. The van der Waals surface area contributed by atoms with Crippen LogP contribution in [-0.2, 0) is 0 Å². The van der Waals surface area contributed by atoms with Crippen molar-refractivity contribution in [2.45, 2.75) is 57.9 Å². The Hall–Kier alpha value is -2.99. The monoisotopic (exact) mass is 401 g/mol. The van der Waals surface area contributed by atoms with Crippen LogP contribution in [0, 0.1) is 6.92 Å². The van der Waals surface area contributed by atoms with Gasteiger partial charge in [-0.05, 0) is 61.6 Å². The lowest BCUT2D eigenvalue weighted by Crippen LogP contribution is -2.22. The third kappa shape index (κ3) is 3.21. The Balaban J connectivity index is 1.59. The maximum atomic E-state index is 6.22. The predicted molar refractivity (Wildman–Crippen MR) is 118 cm³/mol. The molecule has 3 aromatic heterocycles. The van der Waals surface area contributed by atoms with E-state index >= 15 is 0 Å². The van der Waals surface area contributed by atoms with E-state index < -0.39 is 0 Å². The molecule has 0 spiro atoms. The summed E-state index contributed by atoms with van der Waals surface area (Å²) in [5, 5.41) is 9.83. The highest BCUT2D eigenvalue weighted by Crippen LogP contribution is 2.38. The summed E-state index contributed by atoms with van der Waals surface area (Å²) in [6.45, 7) is 6.46. The van der Waals surface area contributed by atoms with Gasteiger partial charge in [0.1, 0.15) is 0 Å². The van der Waals surface area contributed by atoms with Crippen LogP contribution in [0.1, 0.15) is 62.1 Å². The van der Waals surface area contributed by atoms with Crippen LogP contribution in [0.15, 0.2) is 40.9 Å². The molecule has 3 heterocycles. The second kappa shape index (κ2) is 7.36. The van der Waals surface area contributed by atoms with Gasteiger partial charge in [-0.15, -0.1) is 10.2 Å². The van der Waals surface area contributed by atoms with Crippen LogP contribution >= 0.6 is 0 Å². The fourth-order valence-electron chi connectivity index (χ4n) is 4.67. The number of rotatable bonds is 4. The highest BCUT2D eigenvalue weighted by Gasteiger charge is 2.30. The fourth-order valence-corrected chi connectivity index (χ4v) is 4.67. The molecule has 0 saturated heterocycles. The van der Waals surface area contributed by atoms with Crippen molar-refractivity contribution in [1.82, 2.24) is 20.2 Å². The lowest BCUT2D eigenvalue weighted by Gasteiger charge is -2.10. The van der Waals surface area contributed by atoms with Crippen molar-refractivity contribution >= 4 is 10.9 Å². The molecule has 154 valence electrons. The third-order valence-electron chi connectivity index (χ3n) is 6.18. The van der Waals surface area contributed by atoms with Gasteiger partial charge < -0.3 is 15.1 Å². The van der Waals surface area contributed by atoms with Crippen LogP contribution < -0.4 is 5.73 Å². The van der Waals surface area contributed by atoms with Crippen molar-refractivity contribution in [3.05, 3.63) is 53.7 Å². The summed E-state index contributed by atoms with van der Waals surface area (Å²) in [7, 11) is 0. The largest absolute Gasteiger partial charge is 0.420 e. The van der Waals surface area contributed by atoms with Gasteiger partial charge in [0.05, 0.1) is 11.6 Å². The molecule has 6 nitrogen and oxygen atoms in total. The first kappa shape index (κ1) is 19.0. The molecule has 0 radical (unpaired) electrons. The van der Waals surface area contributed by atoms with Crippen molar-refractivity contribution in [2.75, 3.05) is 0 Å². The van der Waals surface area contributed by atoms with Crippen LogP contribution in [0.2, 0.25) is 0 Å². The van der Waals surface area contributed by atoms with Gasteiger partial charge >= 0.3 is 0 Å². The van der Waals surface area contributed by atoms with Gasteiger partial charge in [-0.1, -0.05) is 20.3 Å². The summed E-state index contributed by atoms with van der Waals surface area (Å²) < 4.78 is 6.06. The van der Waals surface area contributed by atoms with Gasteiger partial charge in [-0.2, -0.15) is 0 Å². The second-order valence-electron chi connectivity index (χ2n) is 8.66. The van der Waals surface area contributed by atoms with E-state index in [9.17, 15) is 0 Å². The molecule has 30 heavy (non-hydrogen) atoms. The zero-order valence-corrected chi connectivity index (χ0v) is 17.6. The molecule has 0 amide bonds. The second-order valence-corrected chi connectivity index (χ2v) is 8.66. The van der Waals surface area contributed by atoms with E-state index in [0.717, 1.165) is 47.3 Å². The number of nitrogens with two attached hydrogens (primary N) is 1. The summed E-state index contributed by atoms with van der Waals surface area (Å²) in [4.78, 5) is 7.95. The van der Waals surface area contributed by atoms with E-state index in [-0.39, 0.29) is 12.0 Å². The van der Waals surface area contributed by atoms with E-state index in [4.69, 9.17) is 10.2 Å². The van der Waals surface area contributed by atoms with Gasteiger partial charge in [0.2, 0.25) is 11.8 Å². The lowest BCUT2D eigenvalue weighted by atomic mass is 9.95. The number of aryl methyl sites for hydroxylation is 1. The Labute approximate surface area is 175 Å². The molecule has 1 aromatic carbocycles. The number of aromatic nitrogens is 4. The van der Waals surface area contributed by atoms with E-state index in [1.54, 1.807) is 0 Å². The first-order valence-electron chi connectivity index (χ1n) is 10.7. The Morgan fingerprint density at radius 3 is 2.70 bits per heavy atom. The summed E-state index contributed by atoms with van der Waals surface area (Å²) in [6, 6.07) is 10.6. The summed E-state index contributed by atoms with van der Waals surface area (Å²) in [5.74, 6) is 1.76. The number of pyridine rings is 1. The highest BCUT2D eigenvalue weighted by molar-refractivity contribution is 5.93. The minimum atomic E-state index is 0.115. The normalized spacial score (nSPS) is 19.2. The van der Waals surface area contributed by atoms with Crippen molar-refractivity contribution < 1.29 is 4.42 Å². The number of aromatic amines is 1. The number of nitrogens with one attached hydrogen (secondary N) is 1. The molecule has 6 heteroatoms. The molecule has 0 aliphatic heterocycles. The topological polar surface area (TPSA) is 93.6 Å². The molecule has 1 saturated carbocycles.